The molecule has 0 unspecified atom stereocenters. The molecule has 0 aliphatic carbocycles. The molecule has 0 atom stereocenters. The fourth-order valence-electron chi connectivity index (χ4n) is 1.14. The monoisotopic (exact) mass is 173 g/mol. The molecule has 0 radical (unpaired) electrons. The lowest BCUT2D eigenvalue weighted by Crippen LogP contribution is -1.97. The van der Waals surface area contributed by atoms with Gasteiger partial charge in [0.2, 0.25) is 0 Å². The fourth-order valence-corrected chi connectivity index (χ4v) is 1.14. The first-order valence-corrected chi connectivity index (χ1v) is 4.21. The molecule has 0 aliphatic rings. The summed E-state index contributed by atoms with van der Waals surface area (Å²) >= 11 is 0. The van der Waals surface area contributed by atoms with E-state index in [-0.39, 0.29) is 0 Å². The lowest BCUT2D eigenvalue weighted by atomic mass is 10.3. The maximum absolute atomic E-state index is 4.01. The van der Waals surface area contributed by atoms with E-state index >= 15 is 0 Å². The zero-order valence-electron chi connectivity index (χ0n) is 7.20. The van der Waals surface area contributed by atoms with Crippen LogP contribution in [0.5, 0.6) is 0 Å². The minimum absolute atomic E-state index is 0.829. The highest BCUT2D eigenvalue weighted by atomic mass is 14.9. The number of hydrogen-bond donors (Lipinski definition) is 2. The second-order valence-corrected chi connectivity index (χ2v) is 2.81. The Balaban J connectivity index is 1.94. The summed E-state index contributed by atoms with van der Waals surface area (Å²) in [4.78, 5) is 7.02. The van der Waals surface area contributed by atoms with Gasteiger partial charge in [-0.05, 0) is 23.8 Å². The third kappa shape index (κ3) is 2.08. The lowest BCUT2D eigenvalue weighted by Gasteiger charge is -2.02. The van der Waals surface area contributed by atoms with E-state index in [9.17, 15) is 0 Å². The predicted octanol–water partition coefficient (Wildman–Crippen LogP) is 2.02. The third-order valence-electron chi connectivity index (χ3n) is 1.82. The fraction of sp³-hybridized carbons (Fsp3) is 0.100. The van der Waals surface area contributed by atoms with Crippen molar-refractivity contribution in [3.05, 3.63) is 48.5 Å². The van der Waals surface area contributed by atoms with Gasteiger partial charge in [0.15, 0.2) is 0 Å². The number of nitrogens with one attached hydrogen (secondary N) is 2. The van der Waals surface area contributed by atoms with Crippen LogP contribution < -0.4 is 5.32 Å². The first-order valence-electron chi connectivity index (χ1n) is 4.21. The third-order valence-corrected chi connectivity index (χ3v) is 1.82. The van der Waals surface area contributed by atoms with Crippen molar-refractivity contribution < 1.29 is 0 Å². The van der Waals surface area contributed by atoms with Gasteiger partial charge in [-0.2, -0.15) is 0 Å². The lowest BCUT2D eigenvalue weighted by molar-refractivity contribution is 1.14. The van der Waals surface area contributed by atoms with E-state index in [1.165, 1.54) is 5.56 Å². The van der Waals surface area contributed by atoms with Crippen molar-refractivity contribution in [3.8, 4) is 0 Å². The molecule has 0 bridgehead atoms. The van der Waals surface area contributed by atoms with E-state index in [1.807, 2.05) is 36.8 Å². The van der Waals surface area contributed by atoms with Gasteiger partial charge in [-0.1, -0.05) is 0 Å². The highest BCUT2D eigenvalue weighted by Gasteiger charge is 1.92. The molecule has 0 amide bonds. The molecule has 13 heavy (non-hydrogen) atoms. The van der Waals surface area contributed by atoms with Crippen molar-refractivity contribution in [1.82, 2.24) is 9.97 Å². The number of aromatic nitrogens is 2. The van der Waals surface area contributed by atoms with Gasteiger partial charge >= 0.3 is 0 Å². The number of rotatable bonds is 3. The van der Waals surface area contributed by atoms with E-state index in [0.29, 0.717) is 0 Å². The Labute approximate surface area is 76.8 Å². The van der Waals surface area contributed by atoms with Gasteiger partial charge in [-0.15, -0.1) is 0 Å². The molecule has 2 rings (SSSR count). The zero-order chi connectivity index (χ0) is 8.93. The van der Waals surface area contributed by atoms with Gasteiger partial charge in [-0.25, -0.2) is 0 Å². The summed E-state index contributed by atoms with van der Waals surface area (Å²) < 4.78 is 0. The van der Waals surface area contributed by atoms with Crippen LogP contribution in [0.25, 0.3) is 0 Å². The molecule has 66 valence electrons. The number of pyridine rings is 1. The number of nitrogens with zero attached hydrogens (tertiary/aromatic N) is 1. The van der Waals surface area contributed by atoms with Crippen molar-refractivity contribution in [2.24, 2.45) is 0 Å². The van der Waals surface area contributed by atoms with Crippen molar-refractivity contribution in [2.75, 3.05) is 5.32 Å². The number of anilines is 1. The first-order chi connectivity index (χ1) is 6.45. The van der Waals surface area contributed by atoms with Crippen LogP contribution in [0, 0.1) is 0 Å². The molecule has 0 aromatic carbocycles. The van der Waals surface area contributed by atoms with Crippen LogP contribution in [-0.2, 0) is 6.54 Å². The number of hydrogen-bond acceptors (Lipinski definition) is 2. The molecule has 2 aromatic rings. The molecule has 0 saturated carbocycles. The summed E-state index contributed by atoms with van der Waals surface area (Å²) in [5.74, 6) is 0. The molecule has 2 heterocycles. The van der Waals surface area contributed by atoms with Crippen molar-refractivity contribution >= 4 is 5.69 Å². The van der Waals surface area contributed by atoms with Gasteiger partial charge in [0.25, 0.3) is 0 Å². The summed E-state index contributed by atoms with van der Waals surface area (Å²) in [7, 11) is 0. The summed E-state index contributed by atoms with van der Waals surface area (Å²) in [5.41, 5.74) is 2.28. The standard InChI is InChI=1S/C10H11N3/c1-2-10(8-11-4-1)13-7-9-3-5-12-6-9/h1-6,8,12-13H,7H2. The molecule has 0 aliphatic heterocycles. The molecule has 2 N–H and O–H groups in total. The average Bonchev–Trinajstić information content (AvgIpc) is 2.69. The predicted molar refractivity (Wildman–Crippen MR) is 52.4 cm³/mol. The highest BCUT2D eigenvalue weighted by Crippen LogP contribution is 2.05. The molecular weight excluding hydrogens is 162 g/mol. The summed E-state index contributed by atoms with van der Waals surface area (Å²) in [6, 6.07) is 5.96. The maximum Gasteiger partial charge on any atom is 0.0529 e. The first kappa shape index (κ1) is 7.86. The molecule has 0 spiro atoms. The van der Waals surface area contributed by atoms with Crippen molar-refractivity contribution in [2.45, 2.75) is 6.54 Å². The van der Waals surface area contributed by atoms with Crippen molar-refractivity contribution in [3.63, 3.8) is 0 Å². The van der Waals surface area contributed by atoms with Gasteiger partial charge in [-0.3, -0.25) is 4.98 Å². The van der Waals surface area contributed by atoms with Crippen LogP contribution in [0.15, 0.2) is 43.0 Å². The van der Waals surface area contributed by atoms with Crippen LogP contribution in [0.2, 0.25) is 0 Å². The average molecular weight is 173 g/mol. The van der Waals surface area contributed by atoms with Gasteiger partial charge in [0.1, 0.15) is 0 Å². The SMILES string of the molecule is c1cncc(NCc2cc[nH]c2)c1. The molecule has 0 saturated heterocycles. The van der Waals surface area contributed by atoms with E-state index in [1.54, 1.807) is 6.20 Å². The zero-order valence-corrected chi connectivity index (χ0v) is 7.20. The van der Waals surface area contributed by atoms with E-state index < -0.39 is 0 Å². The van der Waals surface area contributed by atoms with Gasteiger partial charge < -0.3 is 10.3 Å². The minimum atomic E-state index is 0.829. The maximum atomic E-state index is 4.01. The summed E-state index contributed by atoms with van der Waals surface area (Å²) in [6.07, 6.45) is 7.47. The molecule has 0 fully saturated rings. The van der Waals surface area contributed by atoms with E-state index in [0.717, 1.165) is 12.2 Å². The van der Waals surface area contributed by atoms with Gasteiger partial charge in [0, 0.05) is 31.3 Å². The highest BCUT2D eigenvalue weighted by molar-refractivity contribution is 5.40. The summed E-state index contributed by atoms with van der Waals surface area (Å²) in [5, 5.41) is 3.26. The minimum Gasteiger partial charge on any atom is -0.380 e. The Bertz CT molecular complexity index is 340. The van der Waals surface area contributed by atoms with E-state index in [4.69, 9.17) is 0 Å². The molecular formula is C10H11N3. The quantitative estimate of drug-likeness (QED) is 0.745. The Morgan fingerprint density at radius 1 is 1.38 bits per heavy atom. The molecule has 2 aromatic heterocycles. The topological polar surface area (TPSA) is 40.7 Å². The van der Waals surface area contributed by atoms with Crippen LogP contribution in [0.4, 0.5) is 5.69 Å². The van der Waals surface area contributed by atoms with E-state index in [2.05, 4.69) is 15.3 Å². The largest absolute Gasteiger partial charge is 0.380 e. The molecule has 3 heteroatoms. The number of aromatic amines is 1. The second kappa shape index (κ2) is 3.76. The van der Waals surface area contributed by atoms with Crippen molar-refractivity contribution in [1.29, 1.82) is 0 Å². The van der Waals surface area contributed by atoms with Crippen LogP contribution in [-0.4, -0.2) is 9.97 Å². The van der Waals surface area contributed by atoms with Crippen LogP contribution in [0.1, 0.15) is 5.56 Å². The summed E-state index contributed by atoms with van der Waals surface area (Å²) in [6.45, 7) is 0.829. The smallest absolute Gasteiger partial charge is 0.0529 e. The second-order valence-electron chi connectivity index (χ2n) is 2.81. The Kier molecular flexibility index (Phi) is 2.27. The Hall–Kier alpha value is -1.77. The van der Waals surface area contributed by atoms with Gasteiger partial charge in [0.05, 0.1) is 5.69 Å². The Morgan fingerprint density at radius 3 is 3.08 bits per heavy atom. The normalized spacial score (nSPS) is 9.85. The molecule has 3 nitrogen and oxygen atoms in total. The number of H-pyrrole nitrogens is 1. The van der Waals surface area contributed by atoms with Crippen LogP contribution in [0.3, 0.4) is 0 Å². The van der Waals surface area contributed by atoms with Crippen LogP contribution >= 0.6 is 0 Å². The Morgan fingerprint density at radius 2 is 2.38 bits per heavy atom.